The Morgan fingerprint density at radius 3 is 2.36 bits per heavy atom. The van der Waals surface area contributed by atoms with Crippen molar-refractivity contribution in [3.05, 3.63) is 35.9 Å². The Balaban J connectivity index is 1.22. The first-order chi connectivity index (χ1) is 13.7. The third kappa shape index (κ3) is 4.57. The number of piperazine rings is 1. The maximum atomic E-state index is 12.9. The molecule has 0 spiro atoms. The van der Waals surface area contributed by atoms with E-state index in [4.69, 9.17) is 0 Å². The van der Waals surface area contributed by atoms with Gasteiger partial charge >= 0.3 is 0 Å². The van der Waals surface area contributed by atoms with Gasteiger partial charge < -0.3 is 9.80 Å². The van der Waals surface area contributed by atoms with Crippen molar-refractivity contribution < 1.29 is 9.59 Å². The standard InChI is InChI=1S/C23H33N3O2/c27-22(18-20-8-4-5-9-20)25-16-14-24(15-17-25)21-11-13-26(23(21)28)12-10-19-6-2-1-3-7-19/h1-3,6-7,20-21H,4-5,8-18H2. The van der Waals surface area contributed by atoms with Crippen molar-refractivity contribution in [2.24, 2.45) is 5.92 Å². The van der Waals surface area contributed by atoms with Gasteiger partial charge in [-0.25, -0.2) is 0 Å². The molecule has 0 radical (unpaired) electrons. The van der Waals surface area contributed by atoms with Crippen LogP contribution < -0.4 is 0 Å². The highest BCUT2D eigenvalue weighted by Crippen LogP contribution is 2.28. The van der Waals surface area contributed by atoms with Crippen LogP contribution in [0.4, 0.5) is 0 Å². The summed E-state index contributed by atoms with van der Waals surface area (Å²) in [6.07, 6.45) is 7.59. The van der Waals surface area contributed by atoms with Crippen LogP contribution in [0.25, 0.3) is 0 Å². The minimum absolute atomic E-state index is 0.0165. The van der Waals surface area contributed by atoms with Gasteiger partial charge in [0.05, 0.1) is 6.04 Å². The van der Waals surface area contributed by atoms with Crippen LogP contribution >= 0.6 is 0 Å². The van der Waals surface area contributed by atoms with Crippen molar-refractivity contribution in [2.45, 2.75) is 51.0 Å². The van der Waals surface area contributed by atoms with Crippen molar-refractivity contribution in [2.75, 3.05) is 39.3 Å². The van der Waals surface area contributed by atoms with E-state index in [0.29, 0.717) is 11.8 Å². The third-order valence-electron chi connectivity index (χ3n) is 6.83. The smallest absolute Gasteiger partial charge is 0.240 e. The molecule has 1 atom stereocenters. The minimum Gasteiger partial charge on any atom is -0.341 e. The molecular formula is C23H33N3O2. The molecule has 2 aliphatic heterocycles. The molecule has 2 saturated heterocycles. The molecule has 3 fully saturated rings. The van der Waals surface area contributed by atoms with Crippen LogP contribution in [-0.2, 0) is 16.0 Å². The number of likely N-dealkylation sites (tertiary alicyclic amines) is 1. The fourth-order valence-corrected chi connectivity index (χ4v) is 5.07. The highest BCUT2D eigenvalue weighted by atomic mass is 16.2. The maximum absolute atomic E-state index is 12.9. The second-order valence-electron chi connectivity index (χ2n) is 8.64. The average Bonchev–Trinajstić information content (AvgIpc) is 3.37. The van der Waals surface area contributed by atoms with E-state index < -0.39 is 0 Å². The Morgan fingerprint density at radius 2 is 1.64 bits per heavy atom. The van der Waals surface area contributed by atoms with E-state index >= 15 is 0 Å². The molecular weight excluding hydrogens is 350 g/mol. The van der Waals surface area contributed by atoms with Crippen molar-refractivity contribution in [1.82, 2.24) is 14.7 Å². The second kappa shape index (κ2) is 9.08. The van der Waals surface area contributed by atoms with Gasteiger partial charge in [0.2, 0.25) is 11.8 Å². The zero-order valence-corrected chi connectivity index (χ0v) is 16.9. The van der Waals surface area contributed by atoms with E-state index in [-0.39, 0.29) is 11.9 Å². The SMILES string of the molecule is O=C(CC1CCCC1)N1CCN(C2CCN(CCc3ccccc3)C2=O)CC1. The molecule has 1 aromatic carbocycles. The van der Waals surface area contributed by atoms with E-state index in [9.17, 15) is 9.59 Å². The Kier molecular flexibility index (Phi) is 6.30. The maximum Gasteiger partial charge on any atom is 0.240 e. The Bertz CT molecular complexity index is 664. The second-order valence-corrected chi connectivity index (χ2v) is 8.64. The number of hydrogen-bond donors (Lipinski definition) is 0. The summed E-state index contributed by atoms with van der Waals surface area (Å²) in [6, 6.07) is 10.4. The highest BCUT2D eigenvalue weighted by Gasteiger charge is 2.37. The fraction of sp³-hybridized carbons (Fsp3) is 0.652. The first-order valence-electron chi connectivity index (χ1n) is 11.1. The summed E-state index contributed by atoms with van der Waals surface area (Å²) in [7, 11) is 0. The van der Waals surface area contributed by atoms with Crippen molar-refractivity contribution in [1.29, 1.82) is 0 Å². The van der Waals surface area contributed by atoms with Gasteiger partial charge in [0, 0.05) is 45.7 Å². The molecule has 5 nitrogen and oxygen atoms in total. The zero-order chi connectivity index (χ0) is 19.3. The topological polar surface area (TPSA) is 43.9 Å². The molecule has 4 rings (SSSR count). The summed E-state index contributed by atoms with van der Waals surface area (Å²) in [4.78, 5) is 31.8. The lowest BCUT2D eigenvalue weighted by Crippen LogP contribution is -2.54. The van der Waals surface area contributed by atoms with Crippen LogP contribution in [0.5, 0.6) is 0 Å². The molecule has 2 heterocycles. The van der Waals surface area contributed by atoms with Crippen molar-refractivity contribution in [3.8, 4) is 0 Å². The number of hydrogen-bond acceptors (Lipinski definition) is 3. The van der Waals surface area contributed by atoms with Gasteiger partial charge in [0.25, 0.3) is 0 Å². The Morgan fingerprint density at radius 1 is 0.929 bits per heavy atom. The zero-order valence-electron chi connectivity index (χ0n) is 16.9. The lowest BCUT2D eigenvalue weighted by Gasteiger charge is -2.37. The van der Waals surface area contributed by atoms with Crippen LogP contribution in [0.1, 0.15) is 44.1 Å². The van der Waals surface area contributed by atoms with Gasteiger partial charge in [-0.3, -0.25) is 14.5 Å². The number of rotatable bonds is 6. The summed E-state index contributed by atoms with van der Waals surface area (Å²) in [5.74, 6) is 1.22. The molecule has 0 bridgehead atoms. The molecule has 1 saturated carbocycles. The van der Waals surface area contributed by atoms with E-state index in [2.05, 4.69) is 29.2 Å². The predicted molar refractivity (Wildman–Crippen MR) is 110 cm³/mol. The molecule has 0 aromatic heterocycles. The lowest BCUT2D eigenvalue weighted by atomic mass is 10.0. The van der Waals surface area contributed by atoms with Gasteiger partial charge in [-0.15, -0.1) is 0 Å². The fourth-order valence-electron chi connectivity index (χ4n) is 5.07. The molecule has 3 aliphatic rings. The molecule has 28 heavy (non-hydrogen) atoms. The largest absolute Gasteiger partial charge is 0.341 e. The molecule has 2 amide bonds. The molecule has 0 N–H and O–H groups in total. The van der Waals surface area contributed by atoms with Gasteiger partial charge in [-0.1, -0.05) is 43.2 Å². The molecule has 1 aliphatic carbocycles. The Hall–Kier alpha value is -1.88. The predicted octanol–water partition coefficient (Wildman–Crippen LogP) is 2.55. The Labute approximate surface area is 168 Å². The first-order valence-corrected chi connectivity index (χ1v) is 11.1. The molecule has 1 aromatic rings. The van der Waals surface area contributed by atoms with Gasteiger partial charge in [-0.05, 0) is 37.2 Å². The number of carbonyl (C=O) groups is 2. The van der Waals surface area contributed by atoms with Crippen LogP contribution in [0, 0.1) is 5.92 Å². The first kappa shape index (κ1) is 19.4. The highest BCUT2D eigenvalue weighted by molar-refractivity contribution is 5.84. The summed E-state index contributed by atoms with van der Waals surface area (Å²) in [5.41, 5.74) is 1.29. The minimum atomic E-state index is 0.0165. The van der Waals surface area contributed by atoms with Crippen LogP contribution in [0.3, 0.4) is 0 Å². The lowest BCUT2D eigenvalue weighted by molar-refractivity contribution is -0.136. The molecule has 152 valence electrons. The summed E-state index contributed by atoms with van der Waals surface area (Å²) in [6.45, 7) is 4.88. The van der Waals surface area contributed by atoms with Crippen LogP contribution in [0.2, 0.25) is 0 Å². The number of nitrogens with zero attached hydrogens (tertiary/aromatic N) is 3. The van der Waals surface area contributed by atoms with E-state index in [1.807, 2.05) is 15.9 Å². The van der Waals surface area contributed by atoms with Crippen molar-refractivity contribution in [3.63, 3.8) is 0 Å². The average molecular weight is 384 g/mol. The number of amides is 2. The summed E-state index contributed by atoms with van der Waals surface area (Å²) < 4.78 is 0. The normalized spacial score (nSPS) is 24.3. The number of benzene rings is 1. The number of carbonyl (C=O) groups excluding carboxylic acids is 2. The van der Waals surface area contributed by atoms with Gasteiger partial charge in [0.15, 0.2) is 0 Å². The molecule has 1 unspecified atom stereocenters. The summed E-state index contributed by atoms with van der Waals surface area (Å²) >= 11 is 0. The monoisotopic (exact) mass is 383 g/mol. The van der Waals surface area contributed by atoms with E-state index in [1.54, 1.807) is 0 Å². The van der Waals surface area contributed by atoms with E-state index in [1.165, 1.54) is 31.2 Å². The molecule has 5 heteroatoms. The summed E-state index contributed by atoms with van der Waals surface area (Å²) in [5, 5.41) is 0. The third-order valence-corrected chi connectivity index (χ3v) is 6.83. The van der Waals surface area contributed by atoms with Gasteiger partial charge in [0.1, 0.15) is 0 Å². The quantitative estimate of drug-likeness (QED) is 0.758. The van der Waals surface area contributed by atoms with E-state index in [0.717, 1.165) is 58.5 Å². The van der Waals surface area contributed by atoms with Crippen LogP contribution in [-0.4, -0.2) is 71.8 Å². The van der Waals surface area contributed by atoms with Crippen LogP contribution in [0.15, 0.2) is 30.3 Å². The van der Waals surface area contributed by atoms with Crippen molar-refractivity contribution >= 4 is 11.8 Å². The van der Waals surface area contributed by atoms with Gasteiger partial charge in [-0.2, -0.15) is 0 Å².